The van der Waals surface area contributed by atoms with Crippen LogP contribution in [0.4, 0.5) is 11.4 Å². The third kappa shape index (κ3) is 6.14. The fraction of sp³-hybridized carbons (Fsp3) is 0.481. The van der Waals surface area contributed by atoms with Crippen LogP contribution in [0.3, 0.4) is 0 Å². The minimum Gasteiger partial charge on any atom is -0.497 e. The molecule has 0 spiro atoms. The molecule has 6 heteroatoms. The molecule has 180 valence electrons. The van der Waals surface area contributed by atoms with E-state index in [0.29, 0.717) is 12.6 Å². The number of carbonyl (C=O) groups is 2. The van der Waals surface area contributed by atoms with Crippen molar-refractivity contribution < 1.29 is 14.3 Å². The van der Waals surface area contributed by atoms with E-state index >= 15 is 0 Å². The maximum absolute atomic E-state index is 13.6. The number of methoxy groups -OCH3 is 1. The summed E-state index contributed by atoms with van der Waals surface area (Å²) >= 11 is 0. The van der Waals surface area contributed by atoms with Crippen LogP contribution in [0.25, 0.3) is 0 Å². The Morgan fingerprint density at radius 1 is 0.879 bits per heavy atom. The van der Waals surface area contributed by atoms with Gasteiger partial charge in [-0.1, -0.05) is 25.1 Å². The van der Waals surface area contributed by atoms with Crippen molar-refractivity contribution in [3.63, 3.8) is 0 Å². The Bertz CT molecular complexity index is 956. The highest BCUT2D eigenvalue weighted by Crippen LogP contribution is 2.63. The van der Waals surface area contributed by atoms with Gasteiger partial charge in [-0.3, -0.25) is 9.59 Å². The van der Waals surface area contributed by atoms with Crippen LogP contribution in [0, 0.1) is 27.7 Å². The molecule has 0 aliphatic heterocycles. The molecule has 0 saturated heterocycles. The molecule has 0 fully saturated rings. The zero-order valence-corrected chi connectivity index (χ0v) is 22.4. The van der Waals surface area contributed by atoms with E-state index in [4.69, 9.17) is 4.74 Å². The topological polar surface area (TPSA) is 67.4 Å². The highest BCUT2D eigenvalue weighted by atomic mass is 31.2. The SMILES string of the molecule is CCC(C(=O)Nc1c(C)cc(OC)cc1C)[P+](CC)(CC)CC(=O)Nc1c(C)cccc1C. The number of hydrogen-bond acceptors (Lipinski definition) is 3. The molecule has 0 aliphatic rings. The number of aryl methyl sites for hydroxylation is 4. The summed E-state index contributed by atoms with van der Waals surface area (Å²) in [6.07, 6.45) is 2.85. The predicted molar refractivity (Wildman–Crippen MR) is 143 cm³/mol. The number of hydrogen-bond donors (Lipinski definition) is 2. The Hall–Kier alpha value is -2.39. The number of rotatable bonds is 10. The molecule has 2 aromatic rings. The molecule has 0 heterocycles. The van der Waals surface area contributed by atoms with Gasteiger partial charge >= 0.3 is 0 Å². The minimum absolute atomic E-state index is 0.00694. The zero-order chi connectivity index (χ0) is 24.8. The minimum atomic E-state index is -1.88. The molecular weight excluding hydrogens is 431 g/mol. The fourth-order valence-corrected chi connectivity index (χ4v) is 8.73. The van der Waals surface area contributed by atoms with E-state index in [1.807, 2.05) is 58.0 Å². The maximum atomic E-state index is 13.6. The second kappa shape index (κ2) is 11.7. The van der Waals surface area contributed by atoms with Crippen LogP contribution in [0.2, 0.25) is 0 Å². The lowest BCUT2D eigenvalue weighted by Gasteiger charge is -2.32. The summed E-state index contributed by atoms with van der Waals surface area (Å²) in [6, 6.07) is 9.88. The molecule has 0 saturated carbocycles. The van der Waals surface area contributed by atoms with Gasteiger partial charge < -0.3 is 15.4 Å². The zero-order valence-electron chi connectivity index (χ0n) is 21.5. The Kier molecular flexibility index (Phi) is 9.48. The van der Waals surface area contributed by atoms with Gasteiger partial charge in [0.15, 0.2) is 0 Å². The van der Waals surface area contributed by atoms with Crippen LogP contribution in [0.15, 0.2) is 30.3 Å². The van der Waals surface area contributed by atoms with E-state index in [1.165, 1.54) is 0 Å². The van der Waals surface area contributed by atoms with Crippen molar-refractivity contribution in [3.8, 4) is 5.75 Å². The first-order chi connectivity index (χ1) is 15.6. The first-order valence-corrected chi connectivity index (χ1v) is 14.2. The molecular formula is C27H40N2O3P+. The number of nitrogens with one attached hydrogen (secondary N) is 2. The van der Waals surface area contributed by atoms with Crippen LogP contribution < -0.4 is 15.4 Å². The number of ether oxygens (including phenoxy) is 1. The molecule has 0 aliphatic carbocycles. The summed E-state index contributed by atoms with van der Waals surface area (Å²) in [4.78, 5) is 26.8. The molecule has 5 nitrogen and oxygen atoms in total. The summed E-state index contributed by atoms with van der Waals surface area (Å²) < 4.78 is 5.35. The van der Waals surface area contributed by atoms with Crippen molar-refractivity contribution in [2.24, 2.45) is 0 Å². The van der Waals surface area contributed by atoms with Gasteiger partial charge in [0.1, 0.15) is 17.6 Å². The monoisotopic (exact) mass is 471 g/mol. The maximum Gasteiger partial charge on any atom is 0.265 e. The first-order valence-electron chi connectivity index (χ1n) is 11.8. The average Bonchev–Trinajstić information content (AvgIpc) is 2.78. The molecule has 1 unspecified atom stereocenters. The Labute approximate surface area is 200 Å². The van der Waals surface area contributed by atoms with Crippen molar-refractivity contribution in [3.05, 3.63) is 52.6 Å². The van der Waals surface area contributed by atoms with Crippen molar-refractivity contribution in [1.82, 2.24) is 0 Å². The quantitative estimate of drug-likeness (QED) is 0.397. The molecule has 1 atom stereocenters. The smallest absolute Gasteiger partial charge is 0.265 e. The molecule has 0 bridgehead atoms. The number of amides is 2. The van der Waals surface area contributed by atoms with Crippen LogP contribution in [0.5, 0.6) is 5.75 Å². The van der Waals surface area contributed by atoms with E-state index in [2.05, 4.69) is 31.4 Å². The number of anilines is 2. The molecule has 33 heavy (non-hydrogen) atoms. The second-order valence-corrected chi connectivity index (χ2v) is 13.5. The van der Waals surface area contributed by atoms with Crippen LogP contribution in [-0.4, -0.2) is 43.1 Å². The third-order valence-electron chi connectivity index (χ3n) is 6.80. The Morgan fingerprint density at radius 3 is 1.85 bits per heavy atom. The third-order valence-corrected chi connectivity index (χ3v) is 12.2. The molecule has 2 N–H and O–H groups in total. The van der Waals surface area contributed by atoms with Gasteiger partial charge in [0.25, 0.3) is 11.8 Å². The summed E-state index contributed by atoms with van der Waals surface area (Å²) in [6.45, 7) is 14.3. The van der Waals surface area contributed by atoms with Gasteiger partial charge in [-0.2, -0.15) is 0 Å². The van der Waals surface area contributed by atoms with Gasteiger partial charge in [-0.05, 0) is 82.3 Å². The lowest BCUT2D eigenvalue weighted by molar-refractivity contribution is -0.115. The molecule has 2 aromatic carbocycles. The van der Waals surface area contributed by atoms with E-state index < -0.39 is 7.26 Å². The summed E-state index contributed by atoms with van der Waals surface area (Å²) in [5.74, 6) is 0.806. The number of benzene rings is 2. The molecule has 2 rings (SSSR count). The lowest BCUT2D eigenvalue weighted by atomic mass is 10.1. The number of para-hydroxylation sites is 1. The lowest BCUT2D eigenvalue weighted by Crippen LogP contribution is -2.36. The normalized spacial score (nSPS) is 12.2. The van der Waals surface area contributed by atoms with E-state index in [9.17, 15) is 9.59 Å². The number of carbonyl (C=O) groups excluding carboxylic acids is 2. The van der Waals surface area contributed by atoms with Crippen molar-refractivity contribution >= 4 is 30.5 Å². The largest absolute Gasteiger partial charge is 0.497 e. The van der Waals surface area contributed by atoms with E-state index in [-0.39, 0.29) is 17.5 Å². The van der Waals surface area contributed by atoms with Crippen LogP contribution >= 0.6 is 7.26 Å². The standard InChI is InChI=1S/C27H39N2O3P/c1-9-23(27(31)29-26-20(6)15-22(32-8)16-21(26)7)33(10-2,11-3)17-24(30)28-25-18(4)13-12-14-19(25)5/h12-16,23H,9-11,17H2,1-8H3,(H-,28,29,30,31)/p+1. The summed E-state index contributed by atoms with van der Waals surface area (Å²) in [5.41, 5.74) is 5.60. The first kappa shape index (κ1) is 26.9. The fourth-order valence-electron chi connectivity index (χ4n) is 4.74. The van der Waals surface area contributed by atoms with Gasteiger partial charge in [-0.15, -0.1) is 0 Å². The van der Waals surface area contributed by atoms with Gasteiger partial charge in [0.2, 0.25) is 0 Å². The summed E-state index contributed by atoms with van der Waals surface area (Å²) in [7, 11) is -0.236. The van der Waals surface area contributed by atoms with Crippen LogP contribution in [0.1, 0.15) is 49.4 Å². The molecule has 0 aromatic heterocycles. The Morgan fingerprint density at radius 2 is 1.39 bits per heavy atom. The van der Waals surface area contributed by atoms with E-state index in [0.717, 1.165) is 51.7 Å². The van der Waals surface area contributed by atoms with E-state index in [1.54, 1.807) is 7.11 Å². The second-order valence-electron chi connectivity index (χ2n) is 8.87. The highest BCUT2D eigenvalue weighted by Gasteiger charge is 2.47. The van der Waals surface area contributed by atoms with Gasteiger partial charge in [0.05, 0.1) is 19.4 Å². The molecule has 0 radical (unpaired) electrons. The van der Waals surface area contributed by atoms with Crippen molar-refractivity contribution in [1.29, 1.82) is 0 Å². The van der Waals surface area contributed by atoms with Gasteiger partial charge in [-0.25, -0.2) is 0 Å². The summed E-state index contributed by atoms with van der Waals surface area (Å²) in [5, 5.41) is 6.34. The van der Waals surface area contributed by atoms with Gasteiger partial charge in [0, 0.05) is 18.6 Å². The predicted octanol–water partition coefficient (Wildman–Crippen LogP) is 6.34. The van der Waals surface area contributed by atoms with Crippen molar-refractivity contribution in [2.75, 3.05) is 36.2 Å². The Balaban J connectivity index is 2.29. The van der Waals surface area contributed by atoms with Crippen molar-refractivity contribution in [2.45, 2.75) is 60.5 Å². The molecule has 2 amide bonds. The van der Waals surface area contributed by atoms with Crippen LogP contribution in [-0.2, 0) is 9.59 Å². The highest BCUT2D eigenvalue weighted by molar-refractivity contribution is 7.78. The average molecular weight is 472 g/mol.